The zero-order valence-electron chi connectivity index (χ0n) is 22.1. The lowest BCUT2D eigenvalue weighted by atomic mass is 10.2. The van der Waals surface area contributed by atoms with Crippen LogP contribution in [0, 0.1) is 0 Å². The number of aromatic nitrogens is 4. The number of alkyl carbamates (subject to hydrolysis) is 1. The fraction of sp³-hybridized carbons (Fsp3) is 0.417. The summed E-state index contributed by atoms with van der Waals surface area (Å²) < 4.78 is 14.4. The number of nitrogens with zero attached hydrogens (tertiary/aromatic N) is 4. The predicted octanol–water partition coefficient (Wildman–Crippen LogP) is 1.47. The van der Waals surface area contributed by atoms with Crippen molar-refractivity contribution in [2.45, 2.75) is 52.9 Å². The van der Waals surface area contributed by atoms with E-state index in [1.54, 1.807) is 43.5 Å². The Labute approximate surface area is 229 Å². The van der Waals surface area contributed by atoms with Crippen LogP contribution in [-0.2, 0) is 29.2 Å². The highest BCUT2D eigenvalue weighted by molar-refractivity contribution is 6.31. The smallest absolute Gasteiger partial charge is 0.407 e. The van der Waals surface area contributed by atoms with Gasteiger partial charge in [-0.2, -0.15) is 0 Å². The highest BCUT2D eigenvalue weighted by atomic mass is 35.5. The molecule has 0 bridgehead atoms. The number of ether oxygens (including phenoxy) is 2. The van der Waals surface area contributed by atoms with E-state index in [1.165, 1.54) is 0 Å². The molecule has 0 aliphatic heterocycles. The zero-order valence-corrected chi connectivity index (χ0v) is 22.8. The number of hydrogen-bond acceptors (Lipinski definition) is 9. The van der Waals surface area contributed by atoms with Gasteiger partial charge in [-0.25, -0.2) is 28.7 Å². The third-order valence-electron chi connectivity index (χ3n) is 5.33. The van der Waals surface area contributed by atoms with E-state index in [2.05, 4.69) is 20.6 Å². The summed E-state index contributed by atoms with van der Waals surface area (Å²) >= 11 is 5.89. The molecule has 0 saturated heterocycles. The molecule has 39 heavy (non-hydrogen) atoms. The average molecular weight is 564 g/mol. The monoisotopic (exact) mass is 563 g/mol. The van der Waals surface area contributed by atoms with Crippen molar-refractivity contribution in [3.63, 3.8) is 0 Å². The van der Waals surface area contributed by atoms with E-state index in [4.69, 9.17) is 32.5 Å². The Morgan fingerprint density at radius 2 is 1.87 bits per heavy atom. The summed E-state index contributed by atoms with van der Waals surface area (Å²) in [5, 5.41) is 14.7. The van der Waals surface area contributed by atoms with E-state index in [-0.39, 0.29) is 48.7 Å². The number of aliphatic carboxylic acids is 1. The number of hydrogen-bond donors (Lipinski definition) is 5. The number of carboxylic acid groups (broad SMARTS) is 1. The maximum atomic E-state index is 12.8. The molecule has 0 unspecified atom stereocenters. The average Bonchev–Trinajstić information content (AvgIpc) is 3.12. The Morgan fingerprint density at radius 1 is 1.15 bits per heavy atom. The molecule has 0 aliphatic rings. The van der Waals surface area contributed by atoms with Crippen LogP contribution in [0.25, 0.3) is 11.0 Å². The molecule has 15 heteroatoms. The molecule has 0 saturated carbocycles. The Morgan fingerprint density at radius 3 is 2.51 bits per heavy atom. The zero-order chi connectivity index (χ0) is 28.9. The van der Waals surface area contributed by atoms with E-state index >= 15 is 0 Å². The molecular formula is C24H32ClN8O6+. The molecule has 7 N–H and O–H groups in total. The first kappa shape index (κ1) is 29.2. The molecule has 14 nitrogen and oxygen atoms in total. The summed E-state index contributed by atoms with van der Waals surface area (Å²) in [5.41, 5.74) is 11.9. The van der Waals surface area contributed by atoms with Crippen molar-refractivity contribution >= 4 is 52.2 Å². The lowest BCUT2D eigenvalue weighted by molar-refractivity contribution is -0.668. The summed E-state index contributed by atoms with van der Waals surface area (Å²) in [6.45, 7) is 7.68. The second kappa shape index (κ2) is 12.0. The van der Waals surface area contributed by atoms with Gasteiger partial charge in [0.1, 0.15) is 24.5 Å². The van der Waals surface area contributed by atoms with E-state index in [0.717, 1.165) is 0 Å². The number of anilines is 2. The second-order valence-electron chi connectivity index (χ2n) is 9.38. The highest BCUT2D eigenvalue weighted by Gasteiger charge is 2.27. The molecule has 3 aromatic rings. The Hall–Kier alpha value is -4.33. The van der Waals surface area contributed by atoms with Crippen LogP contribution < -0.4 is 31.4 Å². The molecule has 0 radical (unpaired) electrons. The van der Waals surface area contributed by atoms with E-state index in [0.29, 0.717) is 29.2 Å². The summed E-state index contributed by atoms with van der Waals surface area (Å²) in [6.07, 6.45) is -0.545. The van der Waals surface area contributed by atoms with Crippen molar-refractivity contribution in [1.82, 2.24) is 25.2 Å². The molecule has 0 atom stereocenters. The predicted molar refractivity (Wildman–Crippen MR) is 142 cm³/mol. The van der Waals surface area contributed by atoms with Gasteiger partial charge in [0.25, 0.3) is 11.7 Å². The van der Waals surface area contributed by atoms with Crippen molar-refractivity contribution in [3.05, 3.63) is 34.9 Å². The fourth-order valence-corrected chi connectivity index (χ4v) is 3.93. The molecular weight excluding hydrogens is 532 g/mol. The number of nitrogen functional groups attached to an aromatic ring is 2. The molecule has 1 aromatic carbocycles. The number of carboxylic acids is 1. The van der Waals surface area contributed by atoms with Crippen LogP contribution in [0.2, 0.25) is 5.15 Å². The van der Waals surface area contributed by atoms with Gasteiger partial charge in [0, 0.05) is 6.07 Å². The minimum absolute atomic E-state index is 0.0479. The third-order valence-corrected chi connectivity index (χ3v) is 5.61. The number of benzene rings is 1. The number of halogens is 1. The van der Waals surface area contributed by atoms with E-state index in [1.807, 2.05) is 11.5 Å². The second-order valence-corrected chi connectivity index (χ2v) is 9.74. The van der Waals surface area contributed by atoms with Crippen LogP contribution in [0.15, 0.2) is 18.2 Å². The molecule has 2 heterocycles. The Bertz CT molecular complexity index is 1400. The molecule has 0 aliphatic carbocycles. The quantitative estimate of drug-likeness (QED) is 0.178. The maximum absolute atomic E-state index is 12.8. The Balaban J connectivity index is 1.82. The third kappa shape index (κ3) is 7.37. The largest absolute Gasteiger partial charge is 0.492 e. The number of nitrogens with two attached hydrogens (primary N) is 2. The summed E-state index contributed by atoms with van der Waals surface area (Å²) in [5.74, 6) is -0.977. The van der Waals surface area contributed by atoms with E-state index < -0.39 is 23.6 Å². The highest BCUT2D eigenvalue weighted by Crippen LogP contribution is 2.22. The minimum atomic E-state index is -1.06. The summed E-state index contributed by atoms with van der Waals surface area (Å²) in [7, 11) is 0. The molecule has 3 rings (SSSR count). The number of carbonyl (C=O) groups is 3. The van der Waals surface area contributed by atoms with Crippen LogP contribution >= 0.6 is 11.6 Å². The van der Waals surface area contributed by atoms with Crippen LogP contribution in [0.4, 0.5) is 16.4 Å². The van der Waals surface area contributed by atoms with Crippen molar-refractivity contribution < 1.29 is 33.5 Å². The van der Waals surface area contributed by atoms with Crippen molar-refractivity contribution in [2.75, 3.05) is 24.6 Å². The van der Waals surface area contributed by atoms with E-state index in [9.17, 15) is 19.5 Å². The number of amides is 2. The van der Waals surface area contributed by atoms with Gasteiger partial charge in [0.15, 0.2) is 40.1 Å². The minimum Gasteiger partial charge on any atom is -0.492 e. The Kier molecular flexibility index (Phi) is 9.01. The van der Waals surface area contributed by atoms with Gasteiger partial charge in [0.05, 0.1) is 13.1 Å². The van der Waals surface area contributed by atoms with Gasteiger partial charge >= 0.3 is 12.1 Å². The van der Waals surface area contributed by atoms with Gasteiger partial charge in [-0.15, -0.1) is 0 Å². The number of carbonyl (C=O) groups excluding carboxylic acids is 2. The first-order valence-electron chi connectivity index (χ1n) is 12.0. The van der Waals surface area contributed by atoms with Crippen molar-refractivity contribution in [2.24, 2.45) is 0 Å². The van der Waals surface area contributed by atoms with Crippen LogP contribution in [-0.4, -0.2) is 56.4 Å². The number of imidazole rings is 1. The fourth-order valence-electron chi connectivity index (χ4n) is 3.80. The maximum Gasteiger partial charge on any atom is 0.407 e. The number of fused-ring (bicyclic) bond motifs is 1. The van der Waals surface area contributed by atoms with Crippen LogP contribution in [0.5, 0.6) is 5.75 Å². The van der Waals surface area contributed by atoms with Crippen molar-refractivity contribution in [3.8, 4) is 5.75 Å². The normalized spacial score (nSPS) is 11.3. The van der Waals surface area contributed by atoms with Gasteiger partial charge in [-0.3, -0.25) is 4.79 Å². The number of aryl methyl sites for hydroxylation is 1. The first-order chi connectivity index (χ1) is 18.3. The SMILES string of the molecule is CCn1c(CNC(=O)c2nc(Cl)c(N)nc2N)[n+](CC(=O)O)c2ccc(OCCNC(=O)OC(C)(C)C)cc21. The van der Waals surface area contributed by atoms with Crippen LogP contribution in [0.3, 0.4) is 0 Å². The number of rotatable bonds is 10. The van der Waals surface area contributed by atoms with Gasteiger partial charge in [-0.1, -0.05) is 11.6 Å². The summed E-state index contributed by atoms with van der Waals surface area (Å²) in [4.78, 5) is 44.0. The molecule has 2 amide bonds. The summed E-state index contributed by atoms with van der Waals surface area (Å²) in [6, 6.07) is 5.19. The molecule has 0 fully saturated rings. The lowest BCUT2D eigenvalue weighted by Crippen LogP contribution is -2.44. The van der Waals surface area contributed by atoms with Crippen molar-refractivity contribution in [1.29, 1.82) is 0 Å². The van der Waals surface area contributed by atoms with Gasteiger partial charge in [0.2, 0.25) is 0 Å². The lowest BCUT2D eigenvalue weighted by Gasteiger charge is -2.19. The van der Waals surface area contributed by atoms with Crippen LogP contribution in [0.1, 0.15) is 44.0 Å². The first-order valence-corrected chi connectivity index (χ1v) is 12.4. The van der Waals surface area contributed by atoms with Gasteiger partial charge < -0.3 is 36.7 Å². The molecule has 210 valence electrons. The van der Waals surface area contributed by atoms with Gasteiger partial charge in [-0.05, 0) is 39.8 Å². The standard InChI is InChI=1S/C24H31ClN8O6/c1-5-32-15-10-13(38-9-8-28-23(37)39-24(2,3)4)6-7-14(15)33(12-17(34)35)16(32)11-29-22(36)18-20(26)31-21(27)19(25)30-18/h6-7,10H,5,8-9,11-12H2,1-4H3,(H6-,26,27,28,29,31,34,35,36,37)/p+1. The number of nitrogens with one attached hydrogen (secondary N) is 2. The molecule has 0 spiro atoms. The molecule has 2 aromatic heterocycles. The topological polar surface area (TPSA) is 201 Å².